The molecular weight excluding hydrogens is 499 g/mol. The molecule has 0 aromatic heterocycles. The van der Waals surface area contributed by atoms with Gasteiger partial charge in [-0.05, 0) is 12.8 Å². The molecule has 0 amide bonds. The largest absolute Gasteiger partial charge is 1.00 e. The van der Waals surface area contributed by atoms with Gasteiger partial charge in [0.2, 0.25) is 0 Å². The van der Waals surface area contributed by atoms with E-state index in [0.717, 1.165) is 4.48 Å². The molecule has 0 unspecified atom stereocenters. The Kier molecular flexibility index (Phi) is 44.4. The molecule has 0 aliphatic carbocycles. The van der Waals surface area contributed by atoms with Crippen LogP contribution in [0, 0.1) is 0 Å². The Balaban J connectivity index is -0.0000000853. The molecule has 0 fully saturated rings. The zero-order chi connectivity index (χ0) is 13.4. The molecule has 23 heavy (non-hydrogen) atoms. The summed E-state index contributed by atoms with van der Waals surface area (Å²) < 4.78 is 2.29. The third kappa shape index (κ3) is 35.2. The van der Waals surface area contributed by atoms with Crippen molar-refractivity contribution in [2.75, 3.05) is 54.9 Å². The van der Waals surface area contributed by atoms with Crippen LogP contribution in [0.1, 0.15) is 67.7 Å². The fourth-order valence-electron chi connectivity index (χ4n) is 2.23. The van der Waals surface area contributed by atoms with Gasteiger partial charge in [0.25, 0.3) is 0 Å². The third-order valence-electron chi connectivity index (χ3n) is 3.46. The minimum atomic E-state index is 0. The molecule has 0 atom stereocenters. The normalized spacial score (nSPS) is 9.65. The van der Waals surface area contributed by atoms with Crippen LogP contribution in [-0.2, 0) is 21.1 Å². The van der Waals surface area contributed by atoms with E-state index in [1.807, 2.05) is 0 Å². The third-order valence-corrected chi connectivity index (χ3v) is 3.46. The summed E-state index contributed by atoms with van der Waals surface area (Å²) in [5.74, 6) is 0. The second kappa shape index (κ2) is 23.2. The monoisotopic (exact) mass is 546 g/mol. The second-order valence-corrected chi connectivity index (χ2v) is 7.16. The van der Waals surface area contributed by atoms with Gasteiger partial charge in [0.1, 0.15) is 0 Å². The fraction of sp³-hybridized carbons (Fsp3) is 1.00. The average molecular weight is 547 g/mol. The molecule has 0 rings (SSSR count). The maximum atomic E-state index is 2.38. The molecule has 0 aromatic carbocycles. The predicted molar refractivity (Wildman–Crippen MR) is 98.3 cm³/mol. The van der Waals surface area contributed by atoms with Crippen LogP contribution in [0.2, 0.25) is 0 Å². The summed E-state index contributed by atoms with van der Waals surface area (Å²) in [5.41, 5.74) is 0. The molecule has 0 aliphatic heterocycles. The summed E-state index contributed by atoms with van der Waals surface area (Å²) >= 11 is 0. The van der Waals surface area contributed by atoms with Crippen molar-refractivity contribution in [3.05, 3.63) is 0 Å². The van der Waals surface area contributed by atoms with Gasteiger partial charge in [-0.2, -0.15) is 0 Å². The van der Waals surface area contributed by atoms with Crippen molar-refractivity contribution < 1.29 is 54.8 Å². The van der Waals surface area contributed by atoms with Crippen molar-refractivity contribution in [1.82, 2.24) is 0 Å². The van der Waals surface area contributed by atoms with Crippen LogP contribution in [-0.4, -0.2) is 63.8 Å². The van der Waals surface area contributed by atoms with Gasteiger partial charge in [-0.25, -0.2) is 0 Å². The number of hydrogen-bond donors (Lipinski definition) is 0. The Morgan fingerprint density at radius 3 is 1.35 bits per heavy atom. The maximum absolute atomic E-state index is 2.38. The van der Waals surface area contributed by atoms with E-state index in [0.29, 0.717) is 0 Å². The van der Waals surface area contributed by atoms with E-state index < -0.39 is 0 Å². The molecule has 0 aliphatic rings. The van der Waals surface area contributed by atoms with E-state index in [1.54, 1.807) is 0 Å². The average Bonchev–Trinajstić information content (AvgIpc) is 2.14. The topological polar surface area (TPSA) is 0 Å². The minimum Gasteiger partial charge on any atom is -1.00 e. The van der Waals surface area contributed by atoms with E-state index in [2.05, 4.69) is 42.2 Å². The van der Waals surface area contributed by atoms with E-state index in [4.69, 9.17) is 0 Å². The van der Waals surface area contributed by atoms with Gasteiger partial charge in [-0.15, -0.1) is 0 Å². The van der Waals surface area contributed by atoms with E-state index in [9.17, 15) is 0 Å². The molecule has 0 heterocycles. The Bertz CT molecular complexity index is 196. The Labute approximate surface area is 177 Å². The Hall–Kier alpha value is 1.19. The number of quaternary nitrogens is 2. The molecule has 0 aromatic rings. The van der Waals surface area contributed by atoms with Crippen LogP contribution in [0.5, 0.6) is 0 Å². The number of nitrogens with zero attached hydrogens (tertiary/aromatic N) is 2. The molecule has 0 saturated carbocycles. The van der Waals surface area contributed by atoms with Crippen LogP contribution < -0.4 is 24.8 Å². The summed E-state index contributed by atoms with van der Waals surface area (Å²) in [7, 11) is 11.6. The van der Waals surface area contributed by atoms with Crippen LogP contribution >= 0.6 is 0 Å². The molecule has 5 heteroatoms. The summed E-state index contributed by atoms with van der Waals surface area (Å²) in [6.45, 7) is 6.24. The van der Waals surface area contributed by atoms with Crippen molar-refractivity contribution in [2.24, 2.45) is 0 Å². The van der Waals surface area contributed by atoms with Gasteiger partial charge in [-0.3, -0.25) is 0 Å². The number of halogens is 2. The first kappa shape index (κ1) is 44.0. The van der Waals surface area contributed by atoms with Gasteiger partial charge < -0.3 is 33.8 Å². The van der Waals surface area contributed by atoms with E-state index in [1.165, 1.54) is 62.6 Å². The smallest absolute Gasteiger partial charge is 0.0836 e. The molecule has 150 valence electrons. The molecule has 0 radical (unpaired) electrons. The molecule has 0 N–H and O–H groups in total. The maximum Gasteiger partial charge on any atom is 0.0836 e. The summed E-state index contributed by atoms with van der Waals surface area (Å²) in [4.78, 5) is 0. The zero-order valence-electron chi connectivity index (χ0n) is 14.4. The molecule has 0 bridgehead atoms. The van der Waals surface area contributed by atoms with Gasteiger partial charge in [-0.1, -0.05) is 48.5 Å². The predicted octanol–water partition coefficient (Wildman–Crippen LogP) is -0.957. The number of rotatable bonds is 10. The van der Waals surface area contributed by atoms with Crippen molar-refractivity contribution in [1.29, 1.82) is 0 Å². The van der Waals surface area contributed by atoms with Crippen molar-refractivity contribution in [3.8, 4) is 0 Å². The molecule has 0 saturated heterocycles. The Morgan fingerprint density at radius 2 is 0.957 bits per heavy atom. The van der Waals surface area contributed by atoms with Crippen LogP contribution in [0.3, 0.4) is 0 Å². The summed E-state index contributed by atoms with van der Waals surface area (Å²) in [5, 5.41) is 0. The van der Waals surface area contributed by atoms with Crippen LogP contribution in [0.4, 0.5) is 0 Å². The van der Waals surface area contributed by atoms with Crippen molar-refractivity contribution in [3.63, 3.8) is 0 Å². The van der Waals surface area contributed by atoms with Crippen LogP contribution in [0.15, 0.2) is 0 Å². The summed E-state index contributed by atoms with van der Waals surface area (Å²) in [6, 6.07) is 0. The first-order valence-electron chi connectivity index (χ1n) is 7.39. The van der Waals surface area contributed by atoms with Crippen molar-refractivity contribution >= 4 is 0 Å². The first-order chi connectivity index (χ1) is 7.77. The standard InChI is InChI=1S/C15H36N2.3CH4.2ClH.W/c1-7-8-9-10-11-14-17(5,6)15-12-13-16(2,3)4;;;;;;/h7-15H2,1-6H3;3*1H4;2*1H;/q+2;;;;;;/p-2. The van der Waals surface area contributed by atoms with Gasteiger partial charge >= 0.3 is 0 Å². The second-order valence-electron chi connectivity index (χ2n) is 7.16. The van der Waals surface area contributed by atoms with Gasteiger partial charge in [0.15, 0.2) is 0 Å². The molecule has 0 spiro atoms. The SMILES string of the molecule is C.C.C.CCCCCCC[N+](C)(C)CCC[N+](C)(C)C.[Cl-].[Cl-].[W]. The minimum absolute atomic E-state index is 0. The van der Waals surface area contributed by atoms with E-state index >= 15 is 0 Å². The van der Waals surface area contributed by atoms with Crippen molar-refractivity contribution in [2.45, 2.75) is 67.7 Å². The summed E-state index contributed by atoms with van der Waals surface area (Å²) in [6.07, 6.45) is 8.35. The van der Waals surface area contributed by atoms with E-state index in [-0.39, 0.29) is 68.2 Å². The quantitative estimate of drug-likeness (QED) is 0.245. The fourth-order valence-corrected chi connectivity index (χ4v) is 2.23. The molecular formula is C18H48Cl2N2W. The van der Waals surface area contributed by atoms with Gasteiger partial charge in [0, 0.05) is 27.5 Å². The zero-order valence-corrected chi connectivity index (χ0v) is 18.9. The first-order valence-corrected chi connectivity index (χ1v) is 7.39. The molecule has 2 nitrogen and oxygen atoms in total. The Morgan fingerprint density at radius 1 is 0.565 bits per heavy atom. The van der Waals surface area contributed by atoms with Gasteiger partial charge in [0.05, 0.1) is 54.9 Å². The number of unbranched alkanes of at least 4 members (excludes halogenated alkanes) is 4. The van der Waals surface area contributed by atoms with Crippen LogP contribution in [0.25, 0.3) is 0 Å². The number of hydrogen-bond acceptors (Lipinski definition) is 0.